The van der Waals surface area contributed by atoms with E-state index in [9.17, 15) is 4.79 Å². The van der Waals surface area contributed by atoms with Crippen molar-refractivity contribution in [3.05, 3.63) is 29.1 Å². The highest BCUT2D eigenvalue weighted by molar-refractivity contribution is 7.18. The zero-order valence-corrected chi connectivity index (χ0v) is 13.2. The molecule has 0 bridgehead atoms. The Labute approximate surface area is 128 Å². The van der Waals surface area contributed by atoms with Crippen LogP contribution in [0.3, 0.4) is 0 Å². The summed E-state index contributed by atoms with van der Waals surface area (Å²) in [6.45, 7) is 4.01. The number of carbonyl (C=O) groups is 1. The zero-order valence-electron chi connectivity index (χ0n) is 12.3. The Kier molecular flexibility index (Phi) is 4.80. The number of nitrogen functional groups attached to an aromatic ring is 1. The van der Waals surface area contributed by atoms with Gasteiger partial charge in [-0.05, 0) is 18.1 Å². The summed E-state index contributed by atoms with van der Waals surface area (Å²) in [5, 5.41) is 3.73. The average Bonchev–Trinajstić information content (AvgIpc) is 2.79. The standard InChI is InChI=1S/C15H19N3O2S/c1-9(2)8-11(19)13-14(16)18-15(21-13)17-10-6-4-5-7-12(10)20-3/h4-7,9H,8,16H2,1-3H3,(H,17,18). The van der Waals surface area contributed by atoms with Crippen molar-refractivity contribution in [1.29, 1.82) is 0 Å². The number of hydrogen-bond donors (Lipinski definition) is 2. The summed E-state index contributed by atoms with van der Waals surface area (Å²) < 4.78 is 5.27. The van der Waals surface area contributed by atoms with Crippen LogP contribution in [0.25, 0.3) is 0 Å². The van der Waals surface area contributed by atoms with Crippen LogP contribution in [0.5, 0.6) is 5.75 Å². The SMILES string of the molecule is COc1ccccc1Nc1nc(N)c(C(=O)CC(C)C)s1. The molecule has 2 aromatic rings. The number of nitrogens with one attached hydrogen (secondary N) is 1. The molecule has 0 fully saturated rings. The van der Waals surface area contributed by atoms with E-state index < -0.39 is 0 Å². The second-order valence-electron chi connectivity index (χ2n) is 5.08. The molecule has 5 nitrogen and oxygen atoms in total. The van der Waals surface area contributed by atoms with Gasteiger partial charge in [-0.3, -0.25) is 4.79 Å². The van der Waals surface area contributed by atoms with Crippen LogP contribution >= 0.6 is 11.3 Å². The first-order valence-corrected chi connectivity index (χ1v) is 7.52. The number of ketones is 1. The van der Waals surface area contributed by atoms with Gasteiger partial charge in [-0.1, -0.05) is 37.3 Å². The van der Waals surface area contributed by atoms with E-state index >= 15 is 0 Å². The molecule has 21 heavy (non-hydrogen) atoms. The van der Waals surface area contributed by atoms with Crippen LogP contribution in [0.1, 0.15) is 29.9 Å². The van der Waals surface area contributed by atoms with E-state index in [1.807, 2.05) is 38.1 Å². The number of nitrogens with two attached hydrogens (primary N) is 1. The van der Waals surface area contributed by atoms with E-state index in [4.69, 9.17) is 10.5 Å². The van der Waals surface area contributed by atoms with E-state index in [2.05, 4.69) is 10.3 Å². The summed E-state index contributed by atoms with van der Waals surface area (Å²) in [5.74, 6) is 1.32. The molecular formula is C15H19N3O2S. The van der Waals surface area contributed by atoms with Crippen molar-refractivity contribution in [3.63, 3.8) is 0 Å². The molecular weight excluding hydrogens is 286 g/mol. The number of aromatic nitrogens is 1. The summed E-state index contributed by atoms with van der Waals surface area (Å²) in [5.41, 5.74) is 6.64. The molecule has 1 aromatic heterocycles. The molecule has 1 aromatic carbocycles. The lowest BCUT2D eigenvalue weighted by atomic mass is 10.1. The number of hydrogen-bond acceptors (Lipinski definition) is 6. The number of methoxy groups -OCH3 is 1. The minimum Gasteiger partial charge on any atom is -0.495 e. The van der Waals surface area contributed by atoms with Gasteiger partial charge in [-0.25, -0.2) is 4.98 Å². The lowest BCUT2D eigenvalue weighted by molar-refractivity contribution is 0.0972. The molecule has 0 aliphatic rings. The lowest BCUT2D eigenvalue weighted by Gasteiger charge is -2.07. The largest absolute Gasteiger partial charge is 0.495 e. The van der Waals surface area contributed by atoms with Crippen molar-refractivity contribution in [2.24, 2.45) is 5.92 Å². The number of anilines is 3. The number of thiazole rings is 1. The first-order chi connectivity index (χ1) is 10.0. The maximum Gasteiger partial charge on any atom is 0.189 e. The molecule has 0 amide bonds. The number of carbonyl (C=O) groups excluding carboxylic acids is 1. The van der Waals surface area contributed by atoms with Crippen molar-refractivity contribution < 1.29 is 9.53 Å². The third-order valence-corrected chi connectivity index (χ3v) is 3.88. The molecule has 0 spiro atoms. The van der Waals surface area contributed by atoms with Gasteiger partial charge in [-0.15, -0.1) is 0 Å². The van der Waals surface area contributed by atoms with Crippen molar-refractivity contribution >= 4 is 33.8 Å². The van der Waals surface area contributed by atoms with Gasteiger partial charge in [0.1, 0.15) is 16.4 Å². The third kappa shape index (κ3) is 3.72. The molecule has 0 saturated heterocycles. The molecule has 0 aliphatic heterocycles. The Morgan fingerprint density at radius 3 is 2.81 bits per heavy atom. The van der Waals surface area contributed by atoms with Crippen molar-refractivity contribution in [3.8, 4) is 5.75 Å². The topological polar surface area (TPSA) is 77.2 Å². The first kappa shape index (κ1) is 15.3. The summed E-state index contributed by atoms with van der Waals surface area (Å²) in [4.78, 5) is 16.8. The van der Waals surface area contributed by atoms with E-state index in [1.165, 1.54) is 11.3 Å². The minimum atomic E-state index is 0.0353. The Bertz CT molecular complexity index is 638. The van der Waals surface area contributed by atoms with Gasteiger partial charge in [0.25, 0.3) is 0 Å². The Hall–Kier alpha value is -2.08. The number of ether oxygens (including phenoxy) is 1. The van der Waals surface area contributed by atoms with Gasteiger partial charge in [0.15, 0.2) is 10.9 Å². The van der Waals surface area contributed by atoms with Crippen LogP contribution in [0.15, 0.2) is 24.3 Å². The highest BCUT2D eigenvalue weighted by Crippen LogP contribution is 2.32. The quantitative estimate of drug-likeness (QED) is 0.796. The number of rotatable bonds is 6. The molecule has 112 valence electrons. The normalized spacial score (nSPS) is 10.7. The fourth-order valence-electron chi connectivity index (χ4n) is 1.91. The highest BCUT2D eigenvalue weighted by atomic mass is 32.1. The fraction of sp³-hybridized carbons (Fsp3) is 0.333. The third-order valence-electron chi connectivity index (χ3n) is 2.85. The van der Waals surface area contributed by atoms with Crippen molar-refractivity contribution in [1.82, 2.24) is 4.98 Å². The lowest BCUT2D eigenvalue weighted by Crippen LogP contribution is -2.04. The second kappa shape index (κ2) is 6.58. The van der Waals surface area contributed by atoms with Crippen LogP contribution < -0.4 is 15.8 Å². The maximum atomic E-state index is 12.1. The summed E-state index contributed by atoms with van der Waals surface area (Å²) >= 11 is 1.27. The fourth-order valence-corrected chi connectivity index (χ4v) is 2.76. The van der Waals surface area contributed by atoms with Crippen LogP contribution in [0.4, 0.5) is 16.6 Å². The van der Waals surface area contributed by atoms with E-state index in [0.717, 1.165) is 5.69 Å². The second-order valence-corrected chi connectivity index (χ2v) is 6.08. The summed E-state index contributed by atoms with van der Waals surface area (Å²) in [7, 11) is 1.61. The van der Waals surface area contributed by atoms with Crippen LogP contribution in [0, 0.1) is 5.92 Å². The first-order valence-electron chi connectivity index (χ1n) is 6.70. The van der Waals surface area contributed by atoms with E-state index in [0.29, 0.717) is 28.1 Å². The van der Waals surface area contributed by atoms with Crippen LogP contribution in [-0.4, -0.2) is 17.9 Å². The van der Waals surface area contributed by atoms with Gasteiger partial charge in [-0.2, -0.15) is 0 Å². The Morgan fingerprint density at radius 1 is 1.43 bits per heavy atom. The number of Topliss-reactive ketones (excluding diaryl/α,β-unsaturated/α-hetero) is 1. The monoisotopic (exact) mass is 305 g/mol. The maximum absolute atomic E-state index is 12.1. The highest BCUT2D eigenvalue weighted by Gasteiger charge is 2.17. The molecule has 0 saturated carbocycles. The minimum absolute atomic E-state index is 0.0353. The Balaban J connectivity index is 2.21. The van der Waals surface area contributed by atoms with Gasteiger partial charge < -0.3 is 15.8 Å². The molecule has 0 atom stereocenters. The molecule has 0 aliphatic carbocycles. The molecule has 3 N–H and O–H groups in total. The summed E-state index contributed by atoms with van der Waals surface area (Å²) in [6.07, 6.45) is 0.473. The average molecular weight is 305 g/mol. The molecule has 1 heterocycles. The molecule has 0 radical (unpaired) electrons. The predicted molar refractivity (Wildman–Crippen MR) is 86.6 cm³/mol. The van der Waals surface area contributed by atoms with Gasteiger partial charge in [0, 0.05) is 6.42 Å². The number of para-hydroxylation sites is 2. The van der Waals surface area contributed by atoms with Gasteiger partial charge >= 0.3 is 0 Å². The smallest absolute Gasteiger partial charge is 0.189 e. The molecule has 6 heteroatoms. The molecule has 0 unspecified atom stereocenters. The van der Waals surface area contributed by atoms with Gasteiger partial charge in [0.05, 0.1) is 12.8 Å². The van der Waals surface area contributed by atoms with Crippen molar-refractivity contribution in [2.75, 3.05) is 18.2 Å². The predicted octanol–water partition coefficient (Wildman–Crippen LogP) is 3.71. The van der Waals surface area contributed by atoms with E-state index in [1.54, 1.807) is 7.11 Å². The molecule has 2 rings (SSSR count). The van der Waals surface area contributed by atoms with E-state index in [-0.39, 0.29) is 11.6 Å². The zero-order chi connectivity index (χ0) is 15.4. The number of nitrogens with zero attached hydrogens (tertiary/aromatic N) is 1. The van der Waals surface area contributed by atoms with Gasteiger partial charge in [0.2, 0.25) is 0 Å². The summed E-state index contributed by atoms with van der Waals surface area (Å²) in [6, 6.07) is 7.51. The Morgan fingerprint density at radius 2 is 2.14 bits per heavy atom. The van der Waals surface area contributed by atoms with Crippen LogP contribution in [-0.2, 0) is 0 Å². The van der Waals surface area contributed by atoms with Crippen molar-refractivity contribution in [2.45, 2.75) is 20.3 Å². The van der Waals surface area contributed by atoms with Crippen LogP contribution in [0.2, 0.25) is 0 Å². The number of benzene rings is 1.